The Kier molecular flexibility index (Phi) is 5.72. The fourth-order valence-corrected chi connectivity index (χ4v) is 2.91. The molecule has 0 fully saturated rings. The Labute approximate surface area is 169 Å². The van der Waals surface area contributed by atoms with Gasteiger partial charge in [-0.3, -0.25) is 14.9 Å². The molecule has 0 aliphatic heterocycles. The standard InChI is InChI=1S/C18H13Cl2N5O3/c1-11-14(17(20)23-24(11)13-5-3-2-4-6-13)10-21-22-18(26)12-7-8-15(19)16(9-12)25(27)28/h2-10H,1H3,(H,22,26)/b21-10-. The molecule has 1 amide bonds. The summed E-state index contributed by atoms with van der Waals surface area (Å²) in [5.41, 5.74) is 4.10. The first-order valence-corrected chi connectivity index (χ1v) is 8.72. The summed E-state index contributed by atoms with van der Waals surface area (Å²) in [7, 11) is 0. The maximum atomic E-state index is 12.2. The topological polar surface area (TPSA) is 102 Å². The predicted octanol–water partition coefficient (Wildman–Crippen LogP) is 4.16. The minimum absolute atomic E-state index is 0.0519. The van der Waals surface area contributed by atoms with Crippen LogP contribution in [0, 0.1) is 17.0 Å². The molecule has 0 aliphatic rings. The summed E-state index contributed by atoms with van der Waals surface area (Å²) in [6, 6.07) is 13.1. The molecule has 0 atom stereocenters. The van der Waals surface area contributed by atoms with E-state index in [1.807, 2.05) is 37.3 Å². The van der Waals surface area contributed by atoms with Crippen LogP contribution < -0.4 is 5.43 Å². The lowest BCUT2D eigenvalue weighted by Crippen LogP contribution is -2.17. The first kappa shape index (κ1) is 19.5. The number of carbonyl (C=O) groups is 1. The maximum absolute atomic E-state index is 12.2. The molecule has 0 unspecified atom stereocenters. The lowest BCUT2D eigenvalue weighted by atomic mass is 10.2. The summed E-state index contributed by atoms with van der Waals surface area (Å²) in [6.45, 7) is 1.82. The molecular weight excluding hydrogens is 405 g/mol. The summed E-state index contributed by atoms with van der Waals surface area (Å²) in [4.78, 5) is 22.4. The van der Waals surface area contributed by atoms with Crippen LogP contribution in [0.4, 0.5) is 5.69 Å². The number of hydrogen-bond acceptors (Lipinski definition) is 5. The molecule has 0 saturated carbocycles. The van der Waals surface area contributed by atoms with E-state index >= 15 is 0 Å². The summed E-state index contributed by atoms with van der Waals surface area (Å²) < 4.78 is 1.66. The van der Waals surface area contributed by atoms with Gasteiger partial charge >= 0.3 is 0 Å². The highest BCUT2D eigenvalue weighted by atomic mass is 35.5. The van der Waals surface area contributed by atoms with Gasteiger partial charge in [0, 0.05) is 11.6 Å². The molecule has 0 radical (unpaired) electrons. The molecule has 28 heavy (non-hydrogen) atoms. The Balaban J connectivity index is 1.78. The molecule has 0 bridgehead atoms. The van der Waals surface area contributed by atoms with Gasteiger partial charge in [-0.1, -0.05) is 41.4 Å². The number of nitrogens with one attached hydrogen (secondary N) is 1. The minimum Gasteiger partial charge on any atom is -0.267 e. The second kappa shape index (κ2) is 8.20. The van der Waals surface area contributed by atoms with Gasteiger partial charge in [-0.2, -0.15) is 10.2 Å². The third kappa shape index (κ3) is 4.03. The molecule has 0 saturated heterocycles. The van der Waals surface area contributed by atoms with Gasteiger partial charge in [-0.25, -0.2) is 10.1 Å². The summed E-state index contributed by atoms with van der Waals surface area (Å²) in [6.07, 6.45) is 1.37. The van der Waals surface area contributed by atoms with Crippen LogP contribution in [-0.2, 0) is 0 Å². The van der Waals surface area contributed by atoms with Crippen molar-refractivity contribution in [1.29, 1.82) is 0 Å². The van der Waals surface area contributed by atoms with Crippen molar-refractivity contribution in [3.63, 3.8) is 0 Å². The van der Waals surface area contributed by atoms with Gasteiger partial charge in [0.25, 0.3) is 11.6 Å². The molecule has 0 aliphatic carbocycles. The van der Waals surface area contributed by atoms with Crippen molar-refractivity contribution in [2.75, 3.05) is 0 Å². The van der Waals surface area contributed by atoms with E-state index in [0.29, 0.717) is 5.56 Å². The zero-order valence-electron chi connectivity index (χ0n) is 14.5. The zero-order chi connectivity index (χ0) is 20.3. The molecule has 8 nitrogen and oxygen atoms in total. The Bertz CT molecular complexity index is 1080. The van der Waals surface area contributed by atoms with Crippen molar-refractivity contribution in [2.45, 2.75) is 6.92 Å². The van der Waals surface area contributed by atoms with Crippen molar-refractivity contribution in [2.24, 2.45) is 5.10 Å². The highest BCUT2D eigenvalue weighted by molar-refractivity contribution is 6.33. The fourth-order valence-electron chi connectivity index (χ4n) is 2.46. The number of nitro groups is 1. The van der Waals surface area contributed by atoms with Crippen LogP contribution in [0.1, 0.15) is 21.6 Å². The number of halogens is 2. The number of rotatable bonds is 5. The highest BCUT2D eigenvalue weighted by Crippen LogP contribution is 2.25. The molecule has 1 aromatic heterocycles. The van der Waals surface area contributed by atoms with Crippen molar-refractivity contribution < 1.29 is 9.72 Å². The summed E-state index contributed by atoms with van der Waals surface area (Å²) in [5.74, 6) is -0.625. The van der Waals surface area contributed by atoms with Gasteiger partial charge in [0.05, 0.1) is 28.1 Å². The third-order valence-electron chi connectivity index (χ3n) is 3.88. The number of aromatic nitrogens is 2. The number of nitro benzene ring substituents is 1. The van der Waals surface area contributed by atoms with Gasteiger partial charge in [0.2, 0.25) is 0 Å². The molecular formula is C18H13Cl2N5O3. The molecule has 1 heterocycles. The van der Waals surface area contributed by atoms with Crippen LogP contribution in [0.5, 0.6) is 0 Å². The number of hydrogen-bond donors (Lipinski definition) is 1. The number of para-hydroxylation sites is 1. The Morgan fingerprint density at radius 1 is 1.25 bits per heavy atom. The lowest BCUT2D eigenvalue weighted by molar-refractivity contribution is -0.384. The fraction of sp³-hybridized carbons (Fsp3) is 0.0556. The summed E-state index contributed by atoms with van der Waals surface area (Å²) >= 11 is 11.9. The van der Waals surface area contributed by atoms with Crippen LogP contribution in [0.25, 0.3) is 5.69 Å². The average Bonchev–Trinajstić information content (AvgIpc) is 2.97. The highest BCUT2D eigenvalue weighted by Gasteiger charge is 2.16. The van der Waals surface area contributed by atoms with E-state index in [1.165, 1.54) is 18.3 Å². The number of amides is 1. The normalized spacial score (nSPS) is 11.0. The van der Waals surface area contributed by atoms with Crippen molar-refractivity contribution in [3.05, 3.63) is 85.6 Å². The van der Waals surface area contributed by atoms with Crippen molar-refractivity contribution in [1.82, 2.24) is 15.2 Å². The number of carbonyl (C=O) groups excluding carboxylic acids is 1. The quantitative estimate of drug-likeness (QED) is 0.382. The van der Waals surface area contributed by atoms with E-state index in [9.17, 15) is 14.9 Å². The smallest absolute Gasteiger partial charge is 0.267 e. The van der Waals surface area contributed by atoms with Crippen LogP contribution in [0.2, 0.25) is 10.2 Å². The molecule has 2 aromatic carbocycles. The van der Waals surface area contributed by atoms with Crippen molar-refractivity contribution >= 4 is 41.0 Å². The predicted molar refractivity (Wildman–Crippen MR) is 106 cm³/mol. The molecule has 0 spiro atoms. The van der Waals surface area contributed by atoms with E-state index < -0.39 is 10.8 Å². The van der Waals surface area contributed by atoms with Gasteiger partial charge in [0.1, 0.15) is 5.02 Å². The van der Waals surface area contributed by atoms with Gasteiger partial charge in [0.15, 0.2) is 5.15 Å². The largest absolute Gasteiger partial charge is 0.288 e. The molecule has 10 heteroatoms. The summed E-state index contributed by atoms with van der Waals surface area (Å²) in [5, 5.41) is 19.2. The third-order valence-corrected chi connectivity index (χ3v) is 4.48. The van der Waals surface area contributed by atoms with Crippen LogP contribution in [0.3, 0.4) is 0 Å². The van der Waals surface area contributed by atoms with Gasteiger partial charge in [-0.15, -0.1) is 0 Å². The van der Waals surface area contributed by atoms with Crippen LogP contribution >= 0.6 is 23.2 Å². The van der Waals surface area contributed by atoms with Crippen LogP contribution in [0.15, 0.2) is 53.6 Å². The Morgan fingerprint density at radius 2 is 1.96 bits per heavy atom. The SMILES string of the molecule is Cc1c(/C=N\NC(=O)c2ccc(Cl)c([N+](=O)[O-])c2)c(Cl)nn1-c1ccccc1. The molecule has 3 rings (SSSR count). The van der Waals surface area contributed by atoms with Gasteiger partial charge in [-0.05, 0) is 31.2 Å². The number of nitrogens with zero attached hydrogens (tertiary/aromatic N) is 4. The molecule has 3 aromatic rings. The monoisotopic (exact) mass is 417 g/mol. The number of benzene rings is 2. The van der Waals surface area contributed by atoms with E-state index in [-0.39, 0.29) is 21.4 Å². The van der Waals surface area contributed by atoms with E-state index in [4.69, 9.17) is 23.2 Å². The number of hydrazone groups is 1. The zero-order valence-corrected chi connectivity index (χ0v) is 16.0. The minimum atomic E-state index is -0.663. The maximum Gasteiger partial charge on any atom is 0.288 e. The lowest BCUT2D eigenvalue weighted by Gasteiger charge is -2.03. The van der Waals surface area contributed by atoms with Crippen LogP contribution in [-0.4, -0.2) is 26.8 Å². The Morgan fingerprint density at radius 3 is 2.64 bits per heavy atom. The van der Waals surface area contributed by atoms with Gasteiger partial charge < -0.3 is 0 Å². The second-order valence-corrected chi connectivity index (χ2v) is 6.42. The first-order chi connectivity index (χ1) is 13.4. The van der Waals surface area contributed by atoms with E-state index in [0.717, 1.165) is 17.4 Å². The van der Waals surface area contributed by atoms with E-state index in [2.05, 4.69) is 15.6 Å². The van der Waals surface area contributed by atoms with E-state index in [1.54, 1.807) is 4.68 Å². The molecule has 142 valence electrons. The first-order valence-electron chi connectivity index (χ1n) is 7.96. The van der Waals surface area contributed by atoms with Crippen molar-refractivity contribution in [3.8, 4) is 5.69 Å². The average molecular weight is 418 g/mol. The molecule has 1 N–H and O–H groups in total. The second-order valence-electron chi connectivity index (χ2n) is 5.66. The Hall–Kier alpha value is -3.23.